The van der Waals surface area contributed by atoms with Gasteiger partial charge in [-0.25, -0.2) is 0 Å². The fraction of sp³-hybridized carbons (Fsp3) is 0.545. The van der Waals surface area contributed by atoms with Crippen molar-refractivity contribution in [3.05, 3.63) is 42.0 Å². The summed E-state index contributed by atoms with van der Waals surface area (Å²) < 4.78 is 6.13. The molecule has 0 aromatic heterocycles. The highest BCUT2D eigenvalue weighted by Gasteiger charge is 2.09. The number of benzene rings is 2. The van der Waals surface area contributed by atoms with Crippen molar-refractivity contribution >= 4 is 10.8 Å². The highest BCUT2D eigenvalue weighted by molar-refractivity contribution is 5.87. The molecule has 2 aromatic carbocycles. The molecule has 138 valence electrons. The standard InChI is InChI=1S/C22H34N2O/c1-5-24(6-2)15-14-23-17-21-20-10-8-7-9-19(20)11-12-22(21)25-16-13-18(3)4/h7-12,18,23H,5-6,13-17H2,1-4H3. The van der Waals surface area contributed by atoms with E-state index in [-0.39, 0.29) is 0 Å². The van der Waals surface area contributed by atoms with Crippen LogP contribution in [0, 0.1) is 5.92 Å². The highest BCUT2D eigenvalue weighted by atomic mass is 16.5. The first-order valence-corrected chi connectivity index (χ1v) is 9.72. The Morgan fingerprint density at radius 1 is 1.04 bits per heavy atom. The summed E-state index contributed by atoms with van der Waals surface area (Å²) in [6.45, 7) is 14.8. The van der Waals surface area contributed by atoms with Gasteiger partial charge in [0.05, 0.1) is 6.61 Å². The fourth-order valence-electron chi connectivity index (χ4n) is 3.03. The lowest BCUT2D eigenvalue weighted by Crippen LogP contribution is -2.31. The topological polar surface area (TPSA) is 24.5 Å². The zero-order chi connectivity index (χ0) is 18.1. The summed E-state index contributed by atoms with van der Waals surface area (Å²) in [6.07, 6.45) is 1.08. The van der Waals surface area contributed by atoms with Crippen molar-refractivity contribution in [3.63, 3.8) is 0 Å². The second kappa shape index (κ2) is 10.4. The third-order valence-corrected chi connectivity index (χ3v) is 4.75. The van der Waals surface area contributed by atoms with Crippen LogP contribution in [0.5, 0.6) is 5.75 Å². The predicted molar refractivity (Wildman–Crippen MR) is 108 cm³/mol. The Morgan fingerprint density at radius 2 is 1.80 bits per heavy atom. The van der Waals surface area contributed by atoms with Gasteiger partial charge in [-0.3, -0.25) is 0 Å². The first-order valence-electron chi connectivity index (χ1n) is 9.72. The number of rotatable bonds is 11. The molecule has 0 fully saturated rings. The second-order valence-corrected chi connectivity index (χ2v) is 7.00. The number of hydrogen-bond acceptors (Lipinski definition) is 3. The average Bonchev–Trinajstić information content (AvgIpc) is 2.62. The number of nitrogens with one attached hydrogen (secondary N) is 1. The largest absolute Gasteiger partial charge is 0.493 e. The molecule has 3 heteroatoms. The minimum Gasteiger partial charge on any atom is -0.493 e. The fourth-order valence-corrected chi connectivity index (χ4v) is 3.03. The van der Waals surface area contributed by atoms with E-state index in [4.69, 9.17) is 4.74 Å². The van der Waals surface area contributed by atoms with E-state index in [2.05, 4.69) is 74.3 Å². The van der Waals surface area contributed by atoms with Gasteiger partial charge in [0.1, 0.15) is 5.75 Å². The van der Waals surface area contributed by atoms with Crippen molar-refractivity contribution in [1.82, 2.24) is 10.2 Å². The maximum atomic E-state index is 6.13. The van der Waals surface area contributed by atoms with Gasteiger partial charge in [-0.05, 0) is 42.3 Å². The van der Waals surface area contributed by atoms with Crippen LogP contribution < -0.4 is 10.1 Å². The van der Waals surface area contributed by atoms with Crippen molar-refractivity contribution < 1.29 is 4.74 Å². The Kier molecular flexibility index (Phi) is 8.23. The maximum Gasteiger partial charge on any atom is 0.124 e. The number of nitrogens with zero attached hydrogens (tertiary/aromatic N) is 1. The van der Waals surface area contributed by atoms with E-state index < -0.39 is 0 Å². The maximum absolute atomic E-state index is 6.13. The van der Waals surface area contributed by atoms with Crippen molar-refractivity contribution in [3.8, 4) is 5.75 Å². The van der Waals surface area contributed by atoms with E-state index >= 15 is 0 Å². The molecule has 0 spiro atoms. The Bertz CT molecular complexity index is 635. The van der Waals surface area contributed by atoms with E-state index in [1.54, 1.807) is 0 Å². The summed E-state index contributed by atoms with van der Waals surface area (Å²) in [5.41, 5.74) is 1.28. The zero-order valence-electron chi connectivity index (χ0n) is 16.3. The normalized spacial score (nSPS) is 11.6. The summed E-state index contributed by atoms with van der Waals surface area (Å²) in [4.78, 5) is 2.44. The molecule has 0 heterocycles. The zero-order valence-corrected chi connectivity index (χ0v) is 16.3. The van der Waals surface area contributed by atoms with E-state index in [1.165, 1.54) is 16.3 Å². The quantitative estimate of drug-likeness (QED) is 0.599. The minimum absolute atomic E-state index is 0.663. The van der Waals surface area contributed by atoms with Gasteiger partial charge in [0.25, 0.3) is 0 Å². The first kappa shape index (κ1) is 19.7. The molecule has 0 radical (unpaired) electrons. The average molecular weight is 343 g/mol. The molecule has 0 aliphatic heterocycles. The van der Waals surface area contributed by atoms with E-state index in [1.807, 2.05) is 0 Å². The van der Waals surface area contributed by atoms with Gasteiger partial charge in [0, 0.05) is 25.2 Å². The lowest BCUT2D eigenvalue weighted by molar-refractivity contribution is 0.285. The molecule has 0 aliphatic carbocycles. The van der Waals surface area contributed by atoms with Crippen LogP contribution in [0.2, 0.25) is 0 Å². The Balaban J connectivity index is 2.07. The molecule has 0 bridgehead atoms. The molecule has 2 aromatic rings. The second-order valence-electron chi connectivity index (χ2n) is 7.00. The Hall–Kier alpha value is -1.58. The van der Waals surface area contributed by atoms with Crippen LogP contribution in [0.15, 0.2) is 36.4 Å². The van der Waals surface area contributed by atoms with Crippen LogP contribution in [0.4, 0.5) is 0 Å². The molecule has 0 atom stereocenters. The summed E-state index contributed by atoms with van der Waals surface area (Å²) in [7, 11) is 0. The van der Waals surface area contributed by atoms with E-state index in [0.717, 1.165) is 51.5 Å². The van der Waals surface area contributed by atoms with Crippen LogP contribution in [0.3, 0.4) is 0 Å². The van der Waals surface area contributed by atoms with E-state index in [0.29, 0.717) is 5.92 Å². The number of hydrogen-bond donors (Lipinski definition) is 1. The van der Waals surface area contributed by atoms with Crippen LogP contribution >= 0.6 is 0 Å². The predicted octanol–water partition coefficient (Wildman–Crippen LogP) is 4.70. The molecule has 0 amide bonds. The molecule has 0 saturated carbocycles. The summed E-state index contributed by atoms with van der Waals surface area (Å²) >= 11 is 0. The lowest BCUT2D eigenvalue weighted by atomic mass is 10.0. The third kappa shape index (κ3) is 6.02. The van der Waals surface area contributed by atoms with Gasteiger partial charge in [-0.2, -0.15) is 0 Å². The smallest absolute Gasteiger partial charge is 0.124 e. The van der Waals surface area contributed by atoms with Gasteiger partial charge < -0.3 is 15.0 Å². The van der Waals surface area contributed by atoms with Crippen LogP contribution in [0.1, 0.15) is 39.7 Å². The molecule has 0 aliphatic rings. The summed E-state index contributed by atoms with van der Waals surface area (Å²) in [6, 6.07) is 12.9. The van der Waals surface area contributed by atoms with Crippen molar-refractivity contribution in [2.75, 3.05) is 32.8 Å². The van der Waals surface area contributed by atoms with Crippen LogP contribution in [-0.4, -0.2) is 37.7 Å². The van der Waals surface area contributed by atoms with Gasteiger partial charge in [0.2, 0.25) is 0 Å². The van der Waals surface area contributed by atoms with Crippen LogP contribution in [-0.2, 0) is 6.54 Å². The third-order valence-electron chi connectivity index (χ3n) is 4.75. The minimum atomic E-state index is 0.663. The van der Waals surface area contributed by atoms with Gasteiger partial charge in [-0.1, -0.05) is 58.0 Å². The summed E-state index contributed by atoms with van der Waals surface area (Å²) in [5, 5.41) is 6.18. The lowest BCUT2D eigenvalue weighted by Gasteiger charge is -2.19. The summed E-state index contributed by atoms with van der Waals surface area (Å²) in [5.74, 6) is 1.69. The molecular weight excluding hydrogens is 308 g/mol. The number of fused-ring (bicyclic) bond motifs is 1. The monoisotopic (exact) mass is 342 g/mol. The van der Waals surface area contributed by atoms with Crippen molar-refractivity contribution in [1.29, 1.82) is 0 Å². The van der Waals surface area contributed by atoms with Gasteiger partial charge >= 0.3 is 0 Å². The molecular formula is C22H34N2O. The Morgan fingerprint density at radius 3 is 2.52 bits per heavy atom. The first-order chi connectivity index (χ1) is 12.2. The number of ether oxygens (including phenoxy) is 1. The van der Waals surface area contributed by atoms with Crippen molar-refractivity contribution in [2.24, 2.45) is 5.92 Å². The number of likely N-dealkylation sites (N-methyl/N-ethyl adjacent to an activating group) is 1. The molecule has 0 unspecified atom stereocenters. The molecule has 3 nitrogen and oxygen atoms in total. The molecule has 1 N–H and O–H groups in total. The van der Waals surface area contributed by atoms with Gasteiger partial charge in [0.15, 0.2) is 0 Å². The highest BCUT2D eigenvalue weighted by Crippen LogP contribution is 2.28. The molecule has 0 saturated heterocycles. The van der Waals surface area contributed by atoms with Crippen LogP contribution in [0.25, 0.3) is 10.8 Å². The molecule has 25 heavy (non-hydrogen) atoms. The SMILES string of the molecule is CCN(CC)CCNCc1c(OCCC(C)C)ccc2ccccc12. The molecule has 2 rings (SSSR count). The Labute approximate surface area is 153 Å². The van der Waals surface area contributed by atoms with Crippen molar-refractivity contribution in [2.45, 2.75) is 40.7 Å². The van der Waals surface area contributed by atoms with E-state index in [9.17, 15) is 0 Å². The van der Waals surface area contributed by atoms with Gasteiger partial charge in [-0.15, -0.1) is 0 Å².